The summed E-state index contributed by atoms with van der Waals surface area (Å²) in [5, 5.41) is 0. The van der Waals surface area contributed by atoms with Gasteiger partial charge in [0.15, 0.2) is 0 Å². The smallest absolute Gasteiger partial charge is 0.338 e. The highest BCUT2D eigenvalue weighted by molar-refractivity contribution is 8.13. The van der Waals surface area contributed by atoms with E-state index in [0.29, 0.717) is 24.3 Å². The Hall–Kier alpha value is -3.96. The van der Waals surface area contributed by atoms with Crippen molar-refractivity contribution in [2.24, 2.45) is 15.4 Å². The molecular weight excluding hydrogens is 929 g/mol. The highest BCUT2D eigenvalue weighted by atomic mass is 32.2. The Morgan fingerprint density at radius 3 is 1.16 bits per heavy atom. The van der Waals surface area contributed by atoms with E-state index >= 15 is 0 Å². The van der Waals surface area contributed by atoms with E-state index < -0.39 is 0 Å². The van der Waals surface area contributed by atoms with Gasteiger partial charge in [-0.15, -0.1) is 47.0 Å². The average Bonchev–Trinajstić information content (AvgIpc) is 3.65. The van der Waals surface area contributed by atoms with Gasteiger partial charge in [0.25, 0.3) is 0 Å². The number of nitrogens with zero attached hydrogens (tertiary/aromatic N) is 2. The van der Waals surface area contributed by atoms with Crippen molar-refractivity contribution in [2.75, 3.05) is 36.2 Å². The lowest BCUT2D eigenvalue weighted by atomic mass is 9.99. The Bertz CT molecular complexity index is 2150. The fourth-order valence-electron chi connectivity index (χ4n) is 8.21. The summed E-state index contributed by atoms with van der Waals surface area (Å²) in [4.78, 5) is 40.0. The molecule has 0 bridgehead atoms. The molecule has 0 aromatic heterocycles. The van der Waals surface area contributed by atoms with Gasteiger partial charge in [-0.25, -0.2) is 9.59 Å². The lowest BCUT2D eigenvalue weighted by molar-refractivity contribution is 0.0488. The number of esters is 2. The van der Waals surface area contributed by atoms with Gasteiger partial charge in [0.2, 0.25) is 0 Å². The van der Waals surface area contributed by atoms with Gasteiger partial charge in [-0.1, -0.05) is 152 Å². The number of aliphatic imine (C=N–C) groups is 2. The maximum absolute atomic E-state index is 12.6. The summed E-state index contributed by atoms with van der Waals surface area (Å²) in [5.74, 6) is 3.84. The molecule has 6 nitrogen and oxygen atoms in total. The minimum atomic E-state index is -0.266. The number of unbranched alkanes of at least 4 members (excludes halogenated alkanes) is 14. The minimum absolute atomic E-state index is 0.203. The van der Waals surface area contributed by atoms with E-state index in [4.69, 9.17) is 19.5 Å². The maximum Gasteiger partial charge on any atom is 0.338 e. The third kappa shape index (κ3) is 18.3. The van der Waals surface area contributed by atoms with Crippen LogP contribution in [0.25, 0.3) is 9.81 Å². The molecule has 368 valence electrons. The van der Waals surface area contributed by atoms with Crippen LogP contribution in [0, 0.1) is 5.41 Å². The molecule has 0 aliphatic carbocycles. The van der Waals surface area contributed by atoms with Crippen LogP contribution in [-0.4, -0.2) is 60.6 Å². The second-order valence-electron chi connectivity index (χ2n) is 18.5. The van der Waals surface area contributed by atoms with E-state index in [1.54, 1.807) is 24.3 Å². The van der Waals surface area contributed by atoms with Gasteiger partial charge in [-0.3, -0.25) is 9.98 Å². The summed E-state index contributed by atoms with van der Waals surface area (Å²) < 4.78 is 11.0. The first-order valence-electron chi connectivity index (χ1n) is 25.5. The van der Waals surface area contributed by atoms with Gasteiger partial charge >= 0.3 is 11.9 Å². The summed E-state index contributed by atoms with van der Waals surface area (Å²) in [6.45, 7) is 9.99. The van der Waals surface area contributed by atoms with Crippen molar-refractivity contribution >= 4 is 92.6 Å². The van der Waals surface area contributed by atoms with Crippen molar-refractivity contribution < 1.29 is 19.1 Å². The molecule has 69 heavy (non-hydrogen) atoms. The quantitative estimate of drug-likeness (QED) is 0.0350. The second-order valence-corrected chi connectivity index (χ2v) is 22.9. The van der Waals surface area contributed by atoms with Gasteiger partial charge in [0.05, 0.1) is 35.7 Å². The van der Waals surface area contributed by atoms with Gasteiger partial charge in [0, 0.05) is 50.7 Å². The van der Waals surface area contributed by atoms with Crippen LogP contribution in [0.15, 0.2) is 117 Å². The van der Waals surface area contributed by atoms with Crippen LogP contribution in [-0.2, 0) is 9.47 Å². The molecule has 0 amide bonds. The molecule has 2 aliphatic rings. The third-order valence-electron chi connectivity index (χ3n) is 12.6. The predicted octanol–water partition coefficient (Wildman–Crippen LogP) is 17.8. The molecule has 4 aromatic carbocycles. The van der Waals surface area contributed by atoms with Gasteiger partial charge in [0.1, 0.15) is 0 Å². The maximum atomic E-state index is 12.6. The molecule has 0 fully saturated rings. The summed E-state index contributed by atoms with van der Waals surface area (Å²) in [7, 11) is 0. The normalized spacial score (nSPS) is 16.6. The number of ether oxygens (including phenoxy) is 2. The van der Waals surface area contributed by atoms with E-state index in [1.807, 2.05) is 83.7 Å². The molecule has 1 spiro atoms. The molecular formula is C59H74N2O4S4. The number of rotatable bonds is 26. The molecule has 2 heterocycles. The number of allylic oxidation sites excluding steroid dienone is 2. The van der Waals surface area contributed by atoms with E-state index in [0.717, 1.165) is 71.2 Å². The van der Waals surface area contributed by atoms with E-state index in [1.165, 1.54) is 108 Å². The summed E-state index contributed by atoms with van der Waals surface area (Å²) in [5.41, 5.74) is 7.51. The van der Waals surface area contributed by atoms with Crippen LogP contribution < -0.4 is 0 Å². The number of thioether (sulfide) groups is 4. The predicted molar refractivity (Wildman–Crippen MR) is 304 cm³/mol. The molecule has 10 heteroatoms. The Labute approximate surface area is 431 Å². The van der Waals surface area contributed by atoms with Gasteiger partial charge in [-0.2, -0.15) is 0 Å². The molecule has 0 atom stereocenters. The largest absolute Gasteiger partial charge is 0.462 e. The van der Waals surface area contributed by atoms with Gasteiger partial charge < -0.3 is 9.47 Å². The number of hydrogen-bond donors (Lipinski definition) is 0. The Kier molecular flexibility index (Phi) is 23.7. The van der Waals surface area contributed by atoms with Crippen LogP contribution >= 0.6 is 47.0 Å². The van der Waals surface area contributed by atoms with Crippen molar-refractivity contribution in [1.29, 1.82) is 0 Å². The topological polar surface area (TPSA) is 77.3 Å². The molecule has 0 radical (unpaired) electrons. The average molecular weight is 1000 g/mol. The lowest BCUT2D eigenvalue weighted by Crippen LogP contribution is -2.31. The highest BCUT2D eigenvalue weighted by Gasteiger charge is 2.36. The fraction of sp³-hybridized carbons (Fsp3) is 0.458. The second kappa shape index (κ2) is 30.0. The van der Waals surface area contributed by atoms with E-state index in [9.17, 15) is 9.59 Å². The Morgan fingerprint density at radius 2 is 0.797 bits per heavy atom. The van der Waals surface area contributed by atoms with Crippen molar-refractivity contribution in [3.05, 3.63) is 140 Å². The van der Waals surface area contributed by atoms with Gasteiger partial charge in [-0.05, 0) is 107 Å². The van der Waals surface area contributed by atoms with E-state index in [2.05, 4.69) is 76.2 Å². The first-order valence-corrected chi connectivity index (χ1v) is 29.5. The molecule has 2 aliphatic heterocycles. The van der Waals surface area contributed by atoms with Crippen molar-refractivity contribution in [3.63, 3.8) is 0 Å². The van der Waals surface area contributed by atoms with Crippen molar-refractivity contribution in [1.82, 2.24) is 0 Å². The zero-order valence-corrected chi connectivity index (χ0v) is 44.9. The molecule has 4 aromatic rings. The molecule has 0 N–H and O–H groups in total. The molecule has 6 rings (SSSR count). The first-order chi connectivity index (χ1) is 33.8. The number of carbonyl (C=O) groups is 2. The monoisotopic (exact) mass is 1000 g/mol. The Morgan fingerprint density at radius 1 is 0.464 bits per heavy atom. The Balaban J connectivity index is 0.924. The lowest BCUT2D eigenvalue weighted by Gasteiger charge is -2.30. The van der Waals surface area contributed by atoms with Crippen LogP contribution in [0.1, 0.15) is 173 Å². The molecule has 0 unspecified atom stereocenters. The van der Waals surface area contributed by atoms with Crippen LogP contribution in [0.3, 0.4) is 0 Å². The zero-order chi connectivity index (χ0) is 48.5. The number of hydrogen-bond acceptors (Lipinski definition) is 10. The first kappa shape index (κ1) is 54.4. The number of carbonyl (C=O) groups excluding carboxylic acids is 2. The van der Waals surface area contributed by atoms with Crippen molar-refractivity contribution in [3.8, 4) is 0 Å². The van der Waals surface area contributed by atoms with Crippen LogP contribution in [0.5, 0.6) is 0 Å². The number of benzene rings is 4. The third-order valence-corrected chi connectivity index (χ3v) is 18.8. The zero-order valence-electron chi connectivity index (χ0n) is 41.6. The summed E-state index contributed by atoms with van der Waals surface area (Å²) >= 11 is 8.04. The molecule has 0 saturated heterocycles. The van der Waals surface area contributed by atoms with Crippen LogP contribution in [0.4, 0.5) is 11.4 Å². The minimum Gasteiger partial charge on any atom is -0.462 e. The highest BCUT2D eigenvalue weighted by Crippen LogP contribution is 2.52. The molecule has 0 saturated carbocycles. The summed E-state index contributed by atoms with van der Waals surface area (Å²) in [6, 6.07) is 32.2. The SMILES string of the molecule is CCCCCCCCCCOC(=O)c1ccc(N=Cc2ccc(C3=C(C)SCC4(CSC(C)=C(c5ccc(C=Nc6ccc(C(=O)OCCCCCCCCCC)cc6)cc5)SC4)CS3)cc2)cc1. The summed E-state index contributed by atoms with van der Waals surface area (Å²) in [6.07, 6.45) is 23.3. The van der Waals surface area contributed by atoms with Crippen LogP contribution in [0.2, 0.25) is 0 Å². The fourth-order valence-corrected chi connectivity index (χ4v) is 14.4. The van der Waals surface area contributed by atoms with Crippen molar-refractivity contribution in [2.45, 2.75) is 130 Å². The standard InChI is InChI=1S/C59H74N2O4S4/c1-5-7-9-11-13-15-17-19-37-64-57(62)51-29-33-53(34-30-51)60-39-47-21-25-49(26-22-47)55-45(3)66-41-59(43-68-55)42-67-46(4)56(69-44-59)50-27-23-48(24-28-50)40-61-54-35-31-52(32-36-54)58(63)65-38-20-18-16-14-12-10-8-6-2/h21-36,39-40H,5-20,37-38,41-44H2,1-4H3. The van der Waals surface area contributed by atoms with E-state index in [-0.39, 0.29) is 17.4 Å².